The molecule has 1 fully saturated rings. The van der Waals surface area contributed by atoms with Crippen LogP contribution in [-0.2, 0) is 4.79 Å². The van der Waals surface area contributed by atoms with Gasteiger partial charge in [-0.2, -0.15) is 0 Å². The van der Waals surface area contributed by atoms with Crippen molar-refractivity contribution in [2.24, 2.45) is 0 Å². The van der Waals surface area contributed by atoms with Gasteiger partial charge in [-0.3, -0.25) is 4.79 Å². The number of amides is 1. The minimum Gasteiger partial charge on any atom is -0.485 e. The van der Waals surface area contributed by atoms with Crippen molar-refractivity contribution in [3.8, 4) is 11.5 Å². The van der Waals surface area contributed by atoms with Crippen LogP contribution in [0.1, 0.15) is 12.8 Å². The lowest BCUT2D eigenvalue weighted by Gasteiger charge is -2.34. The van der Waals surface area contributed by atoms with Gasteiger partial charge in [0.15, 0.2) is 11.5 Å². The van der Waals surface area contributed by atoms with Gasteiger partial charge in [0.2, 0.25) is 6.10 Å². The Labute approximate surface area is 105 Å². The van der Waals surface area contributed by atoms with Crippen LogP contribution in [0, 0.1) is 0 Å². The van der Waals surface area contributed by atoms with Crippen LogP contribution in [0.3, 0.4) is 0 Å². The third-order valence-electron chi connectivity index (χ3n) is 3.26. The SMILES string of the molecule is O=C(NC1CC(O)C1)C1COc2ccccc2O1. The first-order valence-electron chi connectivity index (χ1n) is 6.09. The van der Waals surface area contributed by atoms with Gasteiger partial charge in [-0.15, -0.1) is 0 Å². The Morgan fingerprint density at radius 1 is 1.28 bits per heavy atom. The van der Waals surface area contributed by atoms with Crippen LogP contribution in [0.25, 0.3) is 0 Å². The number of para-hydroxylation sites is 2. The largest absolute Gasteiger partial charge is 0.485 e. The van der Waals surface area contributed by atoms with E-state index in [1.165, 1.54) is 0 Å². The molecule has 2 aliphatic rings. The number of hydrogen-bond acceptors (Lipinski definition) is 4. The van der Waals surface area contributed by atoms with Crippen molar-refractivity contribution in [3.05, 3.63) is 24.3 Å². The summed E-state index contributed by atoms with van der Waals surface area (Å²) in [4.78, 5) is 11.9. The number of nitrogens with one attached hydrogen (secondary N) is 1. The highest BCUT2D eigenvalue weighted by Crippen LogP contribution is 2.31. The second-order valence-corrected chi connectivity index (χ2v) is 4.69. The second-order valence-electron chi connectivity index (χ2n) is 4.69. The molecular formula is C13H15NO4. The third-order valence-corrected chi connectivity index (χ3v) is 3.26. The average Bonchev–Trinajstić information content (AvgIpc) is 2.36. The molecule has 0 spiro atoms. The first kappa shape index (κ1) is 11.3. The standard InChI is InChI=1S/C13H15NO4/c15-9-5-8(6-9)14-13(16)12-7-17-10-3-1-2-4-11(10)18-12/h1-4,8-9,12,15H,5-7H2,(H,14,16). The van der Waals surface area contributed by atoms with Gasteiger partial charge in [0.05, 0.1) is 6.10 Å². The molecular weight excluding hydrogens is 234 g/mol. The Morgan fingerprint density at radius 3 is 2.72 bits per heavy atom. The average molecular weight is 249 g/mol. The number of ether oxygens (including phenoxy) is 2. The molecule has 1 saturated carbocycles. The lowest BCUT2D eigenvalue weighted by atomic mass is 9.89. The fraction of sp³-hybridized carbons (Fsp3) is 0.462. The summed E-state index contributed by atoms with van der Waals surface area (Å²) in [7, 11) is 0. The van der Waals surface area contributed by atoms with E-state index in [1.807, 2.05) is 18.2 Å². The molecule has 1 aromatic carbocycles. The highest BCUT2D eigenvalue weighted by Gasteiger charge is 2.33. The Kier molecular flexibility index (Phi) is 2.83. The van der Waals surface area contributed by atoms with Crippen molar-refractivity contribution in [3.63, 3.8) is 0 Å². The van der Waals surface area contributed by atoms with Crippen molar-refractivity contribution in [2.75, 3.05) is 6.61 Å². The molecule has 5 heteroatoms. The molecule has 18 heavy (non-hydrogen) atoms. The monoisotopic (exact) mass is 249 g/mol. The Balaban J connectivity index is 1.60. The molecule has 0 saturated heterocycles. The number of aliphatic hydroxyl groups excluding tert-OH is 1. The van der Waals surface area contributed by atoms with Crippen LogP contribution in [0.4, 0.5) is 0 Å². The highest BCUT2D eigenvalue weighted by atomic mass is 16.6. The molecule has 5 nitrogen and oxygen atoms in total. The predicted molar refractivity (Wildman–Crippen MR) is 63.5 cm³/mol. The number of hydrogen-bond donors (Lipinski definition) is 2. The van der Waals surface area contributed by atoms with Crippen molar-refractivity contribution < 1.29 is 19.4 Å². The second kappa shape index (κ2) is 4.49. The fourth-order valence-corrected chi connectivity index (χ4v) is 2.15. The number of carbonyl (C=O) groups is 1. The first-order valence-corrected chi connectivity index (χ1v) is 6.09. The summed E-state index contributed by atoms with van der Waals surface area (Å²) >= 11 is 0. The zero-order valence-electron chi connectivity index (χ0n) is 9.83. The fourth-order valence-electron chi connectivity index (χ4n) is 2.15. The number of carbonyl (C=O) groups excluding carboxylic acids is 1. The normalized spacial score (nSPS) is 29.3. The van der Waals surface area contributed by atoms with Crippen LogP contribution < -0.4 is 14.8 Å². The van der Waals surface area contributed by atoms with Crippen LogP contribution in [0.2, 0.25) is 0 Å². The minimum atomic E-state index is -0.613. The van der Waals surface area contributed by atoms with Crippen LogP contribution in [0.15, 0.2) is 24.3 Å². The van der Waals surface area contributed by atoms with E-state index >= 15 is 0 Å². The lowest BCUT2D eigenvalue weighted by molar-refractivity contribution is -0.132. The van der Waals surface area contributed by atoms with E-state index in [0.29, 0.717) is 24.3 Å². The van der Waals surface area contributed by atoms with Crippen molar-refractivity contribution >= 4 is 5.91 Å². The van der Waals surface area contributed by atoms with Gasteiger partial charge in [0, 0.05) is 6.04 Å². The molecule has 3 rings (SSSR count). The van der Waals surface area contributed by atoms with E-state index in [0.717, 1.165) is 0 Å². The molecule has 1 unspecified atom stereocenters. The third kappa shape index (κ3) is 2.13. The maximum atomic E-state index is 11.9. The summed E-state index contributed by atoms with van der Waals surface area (Å²) in [6.45, 7) is 0.220. The topological polar surface area (TPSA) is 67.8 Å². The van der Waals surface area contributed by atoms with Gasteiger partial charge < -0.3 is 19.9 Å². The Hall–Kier alpha value is -1.75. The molecule has 1 heterocycles. The van der Waals surface area contributed by atoms with E-state index in [4.69, 9.17) is 14.6 Å². The molecule has 0 aromatic heterocycles. The molecule has 1 atom stereocenters. The predicted octanol–water partition coefficient (Wildman–Crippen LogP) is 0.466. The number of aliphatic hydroxyl groups is 1. The van der Waals surface area contributed by atoms with Gasteiger partial charge in [-0.1, -0.05) is 12.1 Å². The van der Waals surface area contributed by atoms with E-state index < -0.39 is 6.10 Å². The zero-order chi connectivity index (χ0) is 12.5. The van der Waals surface area contributed by atoms with Crippen LogP contribution in [0.5, 0.6) is 11.5 Å². The molecule has 1 amide bonds. The van der Waals surface area contributed by atoms with Gasteiger partial charge in [-0.05, 0) is 25.0 Å². The van der Waals surface area contributed by atoms with Crippen LogP contribution >= 0.6 is 0 Å². The summed E-state index contributed by atoms with van der Waals surface area (Å²) in [5.41, 5.74) is 0. The summed E-state index contributed by atoms with van der Waals surface area (Å²) in [5.74, 6) is 1.08. The minimum absolute atomic E-state index is 0.0632. The van der Waals surface area contributed by atoms with Gasteiger partial charge >= 0.3 is 0 Å². The summed E-state index contributed by atoms with van der Waals surface area (Å²) in [6.07, 6.45) is 0.350. The van der Waals surface area contributed by atoms with E-state index in [-0.39, 0.29) is 24.7 Å². The quantitative estimate of drug-likeness (QED) is 0.799. The van der Waals surface area contributed by atoms with E-state index in [9.17, 15) is 4.79 Å². The molecule has 96 valence electrons. The summed E-state index contributed by atoms with van der Waals surface area (Å²) < 4.78 is 11.1. The number of rotatable bonds is 2. The summed E-state index contributed by atoms with van der Waals surface area (Å²) in [5, 5.41) is 12.0. The molecule has 1 aromatic rings. The zero-order valence-corrected chi connectivity index (χ0v) is 9.83. The van der Waals surface area contributed by atoms with Gasteiger partial charge in [0.1, 0.15) is 6.61 Å². The van der Waals surface area contributed by atoms with Crippen LogP contribution in [-0.4, -0.2) is 35.9 Å². The van der Waals surface area contributed by atoms with Crippen molar-refractivity contribution in [1.29, 1.82) is 0 Å². The molecule has 0 radical (unpaired) electrons. The summed E-state index contributed by atoms with van der Waals surface area (Å²) in [6, 6.07) is 7.35. The van der Waals surface area contributed by atoms with Crippen molar-refractivity contribution in [1.82, 2.24) is 5.32 Å². The smallest absolute Gasteiger partial charge is 0.264 e. The maximum Gasteiger partial charge on any atom is 0.264 e. The van der Waals surface area contributed by atoms with E-state index in [2.05, 4.69) is 5.32 Å². The molecule has 1 aliphatic carbocycles. The molecule has 2 N–H and O–H groups in total. The van der Waals surface area contributed by atoms with E-state index in [1.54, 1.807) is 6.07 Å². The Morgan fingerprint density at radius 2 is 2.00 bits per heavy atom. The Bertz CT molecular complexity index is 456. The molecule has 1 aliphatic heterocycles. The number of benzene rings is 1. The number of fused-ring (bicyclic) bond motifs is 1. The van der Waals surface area contributed by atoms with Gasteiger partial charge in [0.25, 0.3) is 5.91 Å². The molecule has 0 bridgehead atoms. The lowest BCUT2D eigenvalue weighted by Crippen LogP contribution is -2.52. The first-order chi connectivity index (χ1) is 8.72. The van der Waals surface area contributed by atoms with Crippen molar-refractivity contribution in [2.45, 2.75) is 31.1 Å². The maximum absolute atomic E-state index is 11.9. The highest BCUT2D eigenvalue weighted by molar-refractivity contribution is 5.82. The van der Waals surface area contributed by atoms with Gasteiger partial charge in [-0.25, -0.2) is 0 Å².